The summed E-state index contributed by atoms with van der Waals surface area (Å²) in [4.78, 5) is 35.4. The summed E-state index contributed by atoms with van der Waals surface area (Å²) in [6.45, 7) is 10.1. The van der Waals surface area contributed by atoms with Gasteiger partial charge in [-0.2, -0.15) is 0 Å². The quantitative estimate of drug-likeness (QED) is 0.621. The van der Waals surface area contributed by atoms with Gasteiger partial charge in [-0.25, -0.2) is 4.79 Å². The number of amides is 3. The van der Waals surface area contributed by atoms with E-state index in [4.69, 9.17) is 5.11 Å². The summed E-state index contributed by atoms with van der Waals surface area (Å²) in [6, 6.07) is -1.38. The fraction of sp³-hybridized carbons (Fsp3) is 0.615. The van der Waals surface area contributed by atoms with E-state index in [0.29, 0.717) is 0 Å². The lowest BCUT2D eigenvalue weighted by Crippen LogP contribution is -2.54. The molecule has 0 heterocycles. The number of rotatable bonds is 6. The molecule has 0 fully saturated rings. The summed E-state index contributed by atoms with van der Waals surface area (Å²) < 4.78 is 0. The molecule has 0 aliphatic heterocycles. The number of hydrogen-bond acceptors (Lipinski definition) is 3. The van der Waals surface area contributed by atoms with Crippen molar-refractivity contribution in [3.05, 3.63) is 12.7 Å². The van der Waals surface area contributed by atoms with E-state index in [2.05, 4.69) is 17.2 Å². The summed E-state index contributed by atoms with van der Waals surface area (Å²) in [5, 5.41) is 13.9. The molecule has 0 saturated carbocycles. The maximum atomic E-state index is 11.9. The minimum Gasteiger partial charge on any atom is -0.480 e. The Hall–Kier alpha value is -2.05. The van der Waals surface area contributed by atoms with E-state index >= 15 is 0 Å². The maximum absolute atomic E-state index is 11.9. The average molecular weight is 285 g/mol. The molecule has 1 unspecified atom stereocenters. The van der Waals surface area contributed by atoms with Crippen LogP contribution in [-0.4, -0.2) is 52.6 Å². The van der Waals surface area contributed by atoms with Crippen molar-refractivity contribution in [2.45, 2.75) is 39.3 Å². The first kappa shape index (κ1) is 17.9. The van der Waals surface area contributed by atoms with E-state index in [1.165, 1.54) is 13.0 Å². The van der Waals surface area contributed by atoms with Crippen molar-refractivity contribution in [3.8, 4) is 0 Å². The summed E-state index contributed by atoms with van der Waals surface area (Å²) in [6.07, 6.45) is 1.42. The zero-order chi connectivity index (χ0) is 15.9. The summed E-state index contributed by atoms with van der Waals surface area (Å²) in [7, 11) is 0. The third kappa shape index (κ3) is 7.40. The van der Waals surface area contributed by atoms with Crippen molar-refractivity contribution < 1.29 is 19.5 Å². The van der Waals surface area contributed by atoms with Crippen molar-refractivity contribution >= 4 is 17.9 Å². The Morgan fingerprint density at radius 1 is 1.35 bits per heavy atom. The summed E-state index contributed by atoms with van der Waals surface area (Å²) in [5.74, 6) is -1.46. The zero-order valence-electron chi connectivity index (χ0n) is 12.4. The van der Waals surface area contributed by atoms with Gasteiger partial charge in [0.2, 0.25) is 5.91 Å². The lowest BCUT2D eigenvalue weighted by Gasteiger charge is -2.26. The molecule has 0 aliphatic rings. The molecule has 0 aromatic rings. The maximum Gasteiger partial charge on any atom is 0.323 e. The molecule has 0 bridgehead atoms. The van der Waals surface area contributed by atoms with Crippen LogP contribution in [0.3, 0.4) is 0 Å². The molecule has 0 radical (unpaired) electrons. The number of carbonyl (C=O) groups excluding carboxylic acids is 2. The fourth-order valence-electron chi connectivity index (χ4n) is 1.36. The predicted molar refractivity (Wildman–Crippen MR) is 75.3 cm³/mol. The van der Waals surface area contributed by atoms with Gasteiger partial charge in [-0.1, -0.05) is 6.08 Å². The van der Waals surface area contributed by atoms with Crippen molar-refractivity contribution in [3.63, 3.8) is 0 Å². The largest absolute Gasteiger partial charge is 0.480 e. The van der Waals surface area contributed by atoms with E-state index in [9.17, 15) is 14.4 Å². The van der Waals surface area contributed by atoms with Crippen LogP contribution in [0.2, 0.25) is 0 Å². The Morgan fingerprint density at radius 2 is 1.90 bits per heavy atom. The fourth-order valence-corrected chi connectivity index (χ4v) is 1.36. The van der Waals surface area contributed by atoms with Gasteiger partial charge in [-0.05, 0) is 27.7 Å². The lowest BCUT2D eigenvalue weighted by molar-refractivity contribution is -0.137. The van der Waals surface area contributed by atoms with Crippen molar-refractivity contribution in [2.24, 2.45) is 0 Å². The van der Waals surface area contributed by atoms with E-state index in [0.717, 1.165) is 4.90 Å². The third-order valence-electron chi connectivity index (χ3n) is 2.19. The molecule has 7 heteroatoms. The highest BCUT2D eigenvalue weighted by Crippen LogP contribution is 2.00. The number of urea groups is 1. The molecule has 3 N–H and O–H groups in total. The standard InChI is InChI=1S/C13H23N3O4/c1-6-7-16(8-10(17)18)12(20)14-9(2)11(19)15-13(3,4)5/h6,9H,1,7-8H2,2-5H3,(H,14,20)(H,15,19)(H,17,18). The number of hydrogen-bond donors (Lipinski definition) is 3. The van der Waals surface area contributed by atoms with E-state index < -0.39 is 30.1 Å². The molecule has 0 saturated heterocycles. The molecular weight excluding hydrogens is 262 g/mol. The highest BCUT2D eigenvalue weighted by Gasteiger charge is 2.23. The monoisotopic (exact) mass is 285 g/mol. The van der Waals surface area contributed by atoms with Gasteiger partial charge >= 0.3 is 12.0 Å². The number of nitrogens with zero attached hydrogens (tertiary/aromatic N) is 1. The van der Waals surface area contributed by atoms with Crippen LogP contribution in [-0.2, 0) is 9.59 Å². The Balaban J connectivity index is 4.58. The number of nitrogens with one attached hydrogen (secondary N) is 2. The van der Waals surface area contributed by atoms with Gasteiger partial charge < -0.3 is 20.6 Å². The highest BCUT2D eigenvalue weighted by molar-refractivity contribution is 5.88. The van der Waals surface area contributed by atoms with Gasteiger partial charge in [-0.15, -0.1) is 6.58 Å². The Morgan fingerprint density at radius 3 is 2.30 bits per heavy atom. The first-order valence-electron chi connectivity index (χ1n) is 6.27. The van der Waals surface area contributed by atoms with Crippen LogP contribution in [0.5, 0.6) is 0 Å². The van der Waals surface area contributed by atoms with Crippen molar-refractivity contribution in [1.82, 2.24) is 15.5 Å². The van der Waals surface area contributed by atoms with Gasteiger partial charge in [0, 0.05) is 12.1 Å². The predicted octanol–water partition coefficient (Wildman–Crippen LogP) is 0.572. The minimum atomic E-state index is -1.13. The highest BCUT2D eigenvalue weighted by atomic mass is 16.4. The van der Waals surface area contributed by atoms with E-state index in [-0.39, 0.29) is 12.5 Å². The van der Waals surface area contributed by atoms with Crippen LogP contribution in [0.15, 0.2) is 12.7 Å². The van der Waals surface area contributed by atoms with Gasteiger partial charge in [0.05, 0.1) is 0 Å². The van der Waals surface area contributed by atoms with Crippen LogP contribution in [0.1, 0.15) is 27.7 Å². The van der Waals surface area contributed by atoms with Crippen molar-refractivity contribution in [1.29, 1.82) is 0 Å². The molecule has 0 aliphatic carbocycles. The molecular formula is C13H23N3O4. The number of carbonyl (C=O) groups is 3. The van der Waals surface area contributed by atoms with Crippen LogP contribution in [0.4, 0.5) is 4.79 Å². The molecule has 114 valence electrons. The molecule has 20 heavy (non-hydrogen) atoms. The molecule has 0 aromatic carbocycles. The van der Waals surface area contributed by atoms with Gasteiger partial charge in [0.15, 0.2) is 0 Å². The minimum absolute atomic E-state index is 0.0890. The SMILES string of the molecule is C=CCN(CC(=O)O)C(=O)NC(C)C(=O)NC(C)(C)C. The molecule has 0 aromatic heterocycles. The van der Waals surface area contributed by atoms with Gasteiger partial charge in [0.25, 0.3) is 0 Å². The molecule has 7 nitrogen and oxygen atoms in total. The lowest BCUT2D eigenvalue weighted by atomic mass is 10.1. The Labute approximate surface area is 119 Å². The summed E-state index contributed by atoms with van der Waals surface area (Å²) in [5.41, 5.74) is -0.405. The summed E-state index contributed by atoms with van der Waals surface area (Å²) >= 11 is 0. The Bertz CT molecular complexity index is 388. The smallest absolute Gasteiger partial charge is 0.323 e. The van der Waals surface area contributed by atoms with Gasteiger partial charge in [0.1, 0.15) is 12.6 Å². The van der Waals surface area contributed by atoms with E-state index in [1.54, 1.807) is 0 Å². The van der Waals surface area contributed by atoms with Crippen LogP contribution < -0.4 is 10.6 Å². The van der Waals surface area contributed by atoms with Crippen LogP contribution in [0.25, 0.3) is 0 Å². The second kappa shape index (κ2) is 7.52. The molecule has 1 atom stereocenters. The number of aliphatic carboxylic acids is 1. The molecule has 3 amide bonds. The van der Waals surface area contributed by atoms with Gasteiger partial charge in [-0.3, -0.25) is 9.59 Å². The zero-order valence-corrected chi connectivity index (χ0v) is 12.4. The number of carboxylic acids is 1. The van der Waals surface area contributed by atoms with Crippen LogP contribution >= 0.6 is 0 Å². The first-order chi connectivity index (χ1) is 9.06. The molecule has 0 spiro atoms. The molecule has 0 rings (SSSR count). The topological polar surface area (TPSA) is 98.7 Å². The van der Waals surface area contributed by atoms with E-state index in [1.807, 2.05) is 20.8 Å². The first-order valence-corrected chi connectivity index (χ1v) is 6.27. The normalized spacial score (nSPS) is 12.2. The third-order valence-corrected chi connectivity index (χ3v) is 2.19. The Kier molecular flexibility index (Phi) is 6.75. The number of carboxylic acid groups (broad SMARTS) is 1. The average Bonchev–Trinajstić information content (AvgIpc) is 2.25. The second-order valence-corrected chi connectivity index (χ2v) is 5.47. The second-order valence-electron chi connectivity index (χ2n) is 5.47. The van der Waals surface area contributed by atoms with Crippen LogP contribution in [0, 0.1) is 0 Å². The van der Waals surface area contributed by atoms with Crippen molar-refractivity contribution in [2.75, 3.05) is 13.1 Å².